The highest BCUT2D eigenvalue weighted by Crippen LogP contribution is 2.19. The van der Waals surface area contributed by atoms with Crippen LogP contribution >= 0.6 is 15.9 Å². The van der Waals surface area contributed by atoms with Gasteiger partial charge in [0.1, 0.15) is 0 Å². The Balaban J connectivity index is 2.71. The minimum Gasteiger partial charge on any atom is -0.272 e. The molecule has 0 bridgehead atoms. The highest BCUT2D eigenvalue weighted by molar-refractivity contribution is 9.09. The van der Waals surface area contributed by atoms with E-state index in [1.165, 1.54) is 5.69 Å². The first-order valence-electron chi connectivity index (χ1n) is 5.10. The van der Waals surface area contributed by atoms with Crippen LogP contribution in [0.2, 0.25) is 0 Å². The molecule has 1 atom stereocenters. The van der Waals surface area contributed by atoms with E-state index in [1.807, 2.05) is 18.7 Å². The van der Waals surface area contributed by atoms with Gasteiger partial charge in [0.2, 0.25) is 0 Å². The van der Waals surface area contributed by atoms with E-state index in [2.05, 4.69) is 40.9 Å². The normalized spacial score (nSPS) is 13.6. The van der Waals surface area contributed by atoms with Gasteiger partial charge in [0, 0.05) is 18.1 Å². The Morgan fingerprint density at radius 1 is 1.50 bits per heavy atom. The summed E-state index contributed by atoms with van der Waals surface area (Å²) in [6, 6.07) is 2.18. The number of rotatable bonds is 4. The molecule has 0 saturated carbocycles. The Morgan fingerprint density at radius 3 is 2.50 bits per heavy atom. The molecular weight excluding hydrogens is 240 g/mol. The maximum Gasteiger partial charge on any atom is 0.0596 e. The molecule has 2 nitrogen and oxygen atoms in total. The summed E-state index contributed by atoms with van der Waals surface area (Å²) < 4.78 is 1.99. The van der Waals surface area contributed by atoms with Gasteiger partial charge in [-0.1, -0.05) is 29.8 Å². The van der Waals surface area contributed by atoms with Crippen molar-refractivity contribution in [3.63, 3.8) is 0 Å². The highest BCUT2D eigenvalue weighted by Gasteiger charge is 2.14. The molecule has 1 rings (SSSR count). The van der Waals surface area contributed by atoms with Gasteiger partial charge in [-0.15, -0.1) is 0 Å². The second-order valence-corrected chi connectivity index (χ2v) is 4.91. The molecule has 1 heterocycles. The zero-order valence-electron chi connectivity index (χ0n) is 9.42. The molecule has 0 aliphatic rings. The third kappa shape index (κ3) is 2.84. The van der Waals surface area contributed by atoms with Gasteiger partial charge >= 0.3 is 0 Å². The van der Waals surface area contributed by atoms with Crippen molar-refractivity contribution in [1.29, 1.82) is 0 Å². The number of hydrogen-bond donors (Lipinski definition) is 0. The fourth-order valence-corrected chi connectivity index (χ4v) is 2.57. The van der Waals surface area contributed by atoms with Gasteiger partial charge < -0.3 is 0 Å². The van der Waals surface area contributed by atoms with Crippen molar-refractivity contribution in [2.75, 3.05) is 5.33 Å². The van der Waals surface area contributed by atoms with Gasteiger partial charge in [-0.3, -0.25) is 4.68 Å². The van der Waals surface area contributed by atoms with Crippen molar-refractivity contribution in [1.82, 2.24) is 9.78 Å². The lowest BCUT2D eigenvalue weighted by Gasteiger charge is -2.17. The van der Waals surface area contributed by atoms with Crippen molar-refractivity contribution in [3.8, 4) is 0 Å². The second kappa shape index (κ2) is 4.96. The average molecular weight is 259 g/mol. The van der Waals surface area contributed by atoms with Gasteiger partial charge in [0.15, 0.2) is 0 Å². The number of halogens is 1. The fourth-order valence-electron chi connectivity index (χ4n) is 1.59. The quantitative estimate of drug-likeness (QED) is 0.760. The summed E-state index contributed by atoms with van der Waals surface area (Å²) in [6.45, 7) is 6.59. The summed E-state index contributed by atoms with van der Waals surface area (Å²) in [5.74, 6) is 1.41. The number of aromatic nitrogens is 2. The van der Waals surface area contributed by atoms with Gasteiger partial charge in [-0.05, 0) is 31.2 Å². The first kappa shape index (κ1) is 11.8. The maximum atomic E-state index is 4.36. The number of hydrogen-bond acceptors (Lipinski definition) is 1. The van der Waals surface area contributed by atoms with Crippen molar-refractivity contribution in [2.45, 2.75) is 27.2 Å². The van der Waals surface area contributed by atoms with Crippen LogP contribution in [-0.4, -0.2) is 15.1 Å². The summed E-state index contributed by atoms with van der Waals surface area (Å²) in [6.07, 6.45) is 1.11. The van der Waals surface area contributed by atoms with E-state index in [0.717, 1.165) is 17.4 Å². The molecule has 80 valence electrons. The molecule has 3 heteroatoms. The molecule has 0 aliphatic heterocycles. The minimum absolute atomic E-state index is 0.699. The topological polar surface area (TPSA) is 17.8 Å². The van der Waals surface area contributed by atoms with E-state index in [1.54, 1.807) is 0 Å². The second-order valence-electron chi connectivity index (χ2n) is 4.26. The Labute approximate surface area is 94.8 Å². The first-order valence-corrected chi connectivity index (χ1v) is 6.22. The molecule has 0 saturated heterocycles. The van der Waals surface area contributed by atoms with Crippen LogP contribution in [0.15, 0.2) is 6.07 Å². The van der Waals surface area contributed by atoms with Gasteiger partial charge in [-0.2, -0.15) is 5.10 Å². The van der Waals surface area contributed by atoms with E-state index < -0.39 is 0 Å². The lowest BCUT2D eigenvalue weighted by Crippen LogP contribution is -2.15. The summed E-state index contributed by atoms with van der Waals surface area (Å²) in [4.78, 5) is 0. The lowest BCUT2D eigenvalue weighted by atomic mass is 9.93. The van der Waals surface area contributed by atoms with E-state index >= 15 is 0 Å². The molecule has 1 unspecified atom stereocenters. The van der Waals surface area contributed by atoms with Crippen LogP contribution < -0.4 is 0 Å². The average Bonchev–Trinajstić information content (AvgIpc) is 2.40. The van der Waals surface area contributed by atoms with Crippen LogP contribution in [0.5, 0.6) is 0 Å². The molecule has 0 spiro atoms. The predicted molar refractivity (Wildman–Crippen MR) is 63.8 cm³/mol. The summed E-state index contributed by atoms with van der Waals surface area (Å²) >= 11 is 3.58. The predicted octanol–water partition coefficient (Wildman–Crippen LogP) is 2.94. The number of alkyl halides is 1. The Kier molecular flexibility index (Phi) is 4.17. The van der Waals surface area contributed by atoms with Crippen LogP contribution in [0.1, 0.15) is 25.2 Å². The molecule has 14 heavy (non-hydrogen) atoms. The molecule has 0 radical (unpaired) electrons. The summed E-state index contributed by atoms with van der Waals surface area (Å²) in [5.41, 5.74) is 2.44. The zero-order valence-corrected chi connectivity index (χ0v) is 11.0. The summed E-state index contributed by atoms with van der Waals surface area (Å²) in [7, 11) is 2.02. The van der Waals surface area contributed by atoms with Gasteiger partial charge in [0.05, 0.1) is 5.69 Å². The highest BCUT2D eigenvalue weighted by atomic mass is 79.9. The van der Waals surface area contributed by atoms with Gasteiger partial charge in [0.25, 0.3) is 0 Å². The van der Waals surface area contributed by atoms with Crippen molar-refractivity contribution in [2.24, 2.45) is 18.9 Å². The van der Waals surface area contributed by atoms with E-state index in [0.29, 0.717) is 11.8 Å². The molecule has 0 aliphatic carbocycles. The largest absolute Gasteiger partial charge is 0.272 e. The van der Waals surface area contributed by atoms with E-state index in [-0.39, 0.29) is 0 Å². The monoisotopic (exact) mass is 258 g/mol. The number of nitrogens with zero attached hydrogens (tertiary/aromatic N) is 2. The summed E-state index contributed by atoms with van der Waals surface area (Å²) in [5, 5.41) is 5.42. The zero-order chi connectivity index (χ0) is 10.7. The molecule has 0 fully saturated rings. The third-order valence-electron chi connectivity index (χ3n) is 2.71. The smallest absolute Gasteiger partial charge is 0.0596 e. The standard InChI is InChI=1S/C11H19BrN2/c1-8(2)10(7-12)6-11-5-9(3)13-14(11)4/h5,8,10H,6-7H2,1-4H3. The molecule has 1 aromatic rings. The van der Waals surface area contributed by atoms with Crippen molar-refractivity contribution >= 4 is 15.9 Å². The lowest BCUT2D eigenvalue weighted by molar-refractivity contribution is 0.416. The van der Waals surface area contributed by atoms with Crippen LogP contribution in [0.25, 0.3) is 0 Å². The van der Waals surface area contributed by atoms with E-state index in [9.17, 15) is 0 Å². The number of aryl methyl sites for hydroxylation is 2. The first-order chi connectivity index (χ1) is 6.54. The SMILES string of the molecule is Cc1cc(CC(CBr)C(C)C)n(C)n1. The maximum absolute atomic E-state index is 4.36. The van der Waals surface area contributed by atoms with Crippen molar-refractivity contribution < 1.29 is 0 Å². The van der Waals surface area contributed by atoms with Gasteiger partial charge in [-0.25, -0.2) is 0 Å². The molecule has 0 aromatic carbocycles. The van der Waals surface area contributed by atoms with E-state index in [4.69, 9.17) is 0 Å². The minimum atomic E-state index is 0.699. The molecule has 1 aromatic heterocycles. The van der Waals surface area contributed by atoms with Crippen LogP contribution in [-0.2, 0) is 13.5 Å². The molecular formula is C11H19BrN2. The molecule has 0 N–H and O–H groups in total. The third-order valence-corrected chi connectivity index (χ3v) is 3.54. The Hall–Kier alpha value is -0.310. The van der Waals surface area contributed by atoms with Crippen molar-refractivity contribution in [3.05, 3.63) is 17.5 Å². The Morgan fingerprint density at radius 2 is 2.14 bits per heavy atom. The van der Waals surface area contributed by atoms with Crippen LogP contribution in [0, 0.1) is 18.8 Å². The van der Waals surface area contributed by atoms with Crippen LogP contribution in [0.4, 0.5) is 0 Å². The fraction of sp³-hybridized carbons (Fsp3) is 0.727. The molecule has 0 amide bonds. The van der Waals surface area contributed by atoms with Crippen LogP contribution in [0.3, 0.4) is 0 Å². The Bertz CT molecular complexity index is 291.